The summed E-state index contributed by atoms with van der Waals surface area (Å²) in [6.07, 6.45) is 6.86. The third-order valence-electron chi connectivity index (χ3n) is 6.40. The molecule has 150 valence electrons. The van der Waals surface area contributed by atoms with Gasteiger partial charge in [-0.3, -0.25) is 14.4 Å². The molecule has 27 heavy (non-hydrogen) atoms. The van der Waals surface area contributed by atoms with E-state index < -0.39 is 0 Å². The van der Waals surface area contributed by atoms with Crippen LogP contribution in [-0.4, -0.2) is 84.6 Å². The molecule has 0 bridgehead atoms. The maximum absolute atomic E-state index is 12.8. The van der Waals surface area contributed by atoms with Gasteiger partial charge in [0.15, 0.2) is 0 Å². The Morgan fingerprint density at radius 1 is 1.26 bits per heavy atom. The van der Waals surface area contributed by atoms with E-state index in [1.165, 1.54) is 19.3 Å². The summed E-state index contributed by atoms with van der Waals surface area (Å²) in [6, 6.07) is 1.81. The standard InChI is InChI=1S/C20H32N4O3/c1-22-7-5-17(13-27-12-16-3-4-16)11-20(22)14-23(15-20)19(25)18-6-8-24(21-18)9-10-26-2/h6,8,16-17H,3-5,7,9-15H2,1-2H3/t17-/m1/s1. The van der Waals surface area contributed by atoms with Gasteiger partial charge < -0.3 is 14.4 Å². The van der Waals surface area contributed by atoms with Crippen LogP contribution in [0.5, 0.6) is 0 Å². The second-order valence-corrected chi connectivity index (χ2v) is 8.60. The number of methoxy groups -OCH3 is 1. The number of rotatable bonds is 8. The molecule has 0 aromatic carbocycles. The summed E-state index contributed by atoms with van der Waals surface area (Å²) < 4.78 is 12.8. The molecule has 3 aliphatic rings. The summed E-state index contributed by atoms with van der Waals surface area (Å²) in [5.74, 6) is 1.48. The highest BCUT2D eigenvalue weighted by molar-refractivity contribution is 5.93. The van der Waals surface area contributed by atoms with Crippen LogP contribution in [0, 0.1) is 11.8 Å². The number of hydrogen-bond donors (Lipinski definition) is 0. The maximum atomic E-state index is 12.8. The van der Waals surface area contributed by atoms with Crippen molar-refractivity contribution in [3.05, 3.63) is 18.0 Å². The molecular weight excluding hydrogens is 344 g/mol. The van der Waals surface area contributed by atoms with E-state index >= 15 is 0 Å². The lowest BCUT2D eigenvalue weighted by molar-refractivity contribution is -0.0763. The van der Waals surface area contributed by atoms with Gasteiger partial charge in [0.05, 0.1) is 18.7 Å². The van der Waals surface area contributed by atoms with Gasteiger partial charge in [0.1, 0.15) is 5.69 Å². The number of nitrogens with zero attached hydrogens (tertiary/aromatic N) is 4. The normalized spacial score (nSPS) is 25.0. The topological polar surface area (TPSA) is 59.8 Å². The van der Waals surface area contributed by atoms with Crippen molar-refractivity contribution < 1.29 is 14.3 Å². The Morgan fingerprint density at radius 3 is 2.78 bits per heavy atom. The van der Waals surface area contributed by atoms with Crippen molar-refractivity contribution in [3.63, 3.8) is 0 Å². The largest absolute Gasteiger partial charge is 0.383 e. The molecular formula is C20H32N4O3. The van der Waals surface area contributed by atoms with Crippen LogP contribution in [0.2, 0.25) is 0 Å². The van der Waals surface area contributed by atoms with Crippen molar-refractivity contribution >= 4 is 5.91 Å². The minimum atomic E-state index is 0.0392. The number of ether oxygens (including phenoxy) is 2. The second kappa shape index (κ2) is 7.89. The fraction of sp³-hybridized carbons (Fsp3) is 0.800. The van der Waals surface area contributed by atoms with E-state index in [1.54, 1.807) is 11.8 Å². The molecule has 7 heteroatoms. The van der Waals surface area contributed by atoms with Crippen LogP contribution in [0.25, 0.3) is 0 Å². The summed E-state index contributed by atoms with van der Waals surface area (Å²) in [6.45, 7) is 5.76. The molecule has 2 saturated heterocycles. The van der Waals surface area contributed by atoms with Crippen molar-refractivity contribution in [1.29, 1.82) is 0 Å². The molecule has 3 heterocycles. The van der Waals surface area contributed by atoms with Gasteiger partial charge in [-0.1, -0.05) is 0 Å². The molecule has 1 atom stereocenters. The first-order chi connectivity index (χ1) is 13.1. The highest BCUT2D eigenvalue weighted by Gasteiger charge is 2.51. The fourth-order valence-corrected chi connectivity index (χ4v) is 4.36. The smallest absolute Gasteiger partial charge is 0.274 e. The molecule has 3 fully saturated rings. The van der Waals surface area contributed by atoms with Crippen molar-refractivity contribution in [2.45, 2.75) is 37.8 Å². The number of carbonyl (C=O) groups is 1. The first-order valence-electron chi connectivity index (χ1n) is 10.2. The van der Waals surface area contributed by atoms with Gasteiger partial charge in [-0.05, 0) is 57.2 Å². The molecule has 0 unspecified atom stereocenters. The first-order valence-corrected chi connectivity index (χ1v) is 10.2. The Bertz CT molecular complexity index is 651. The number of carbonyl (C=O) groups excluding carboxylic acids is 1. The van der Waals surface area contributed by atoms with E-state index in [2.05, 4.69) is 17.0 Å². The molecule has 2 aliphatic heterocycles. The highest BCUT2D eigenvalue weighted by atomic mass is 16.5. The lowest BCUT2D eigenvalue weighted by Crippen LogP contribution is -2.72. The zero-order valence-electron chi connectivity index (χ0n) is 16.6. The molecule has 0 N–H and O–H groups in total. The number of amides is 1. The van der Waals surface area contributed by atoms with Crippen LogP contribution >= 0.6 is 0 Å². The summed E-state index contributed by atoms with van der Waals surface area (Å²) in [5.41, 5.74) is 0.656. The molecule has 1 spiro atoms. The average molecular weight is 377 g/mol. The number of hydrogen-bond acceptors (Lipinski definition) is 5. The maximum Gasteiger partial charge on any atom is 0.274 e. The van der Waals surface area contributed by atoms with Crippen molar-refractivity contribution in [2.24, 2.45) is 11.8 Å². The van der Waals surface area contributed by atoms with E-state index in [0.717, 1.165) is 45.2 Å². The van der Waals surface area contributed by atoms with Crippen molar-refractivity contribution in [1.82, 2.24) is 19.6 Å². The monoisotopic (exact) mass is 376 g/mol. The molecule has 4 rings (SSSR count). The van der Waals surface area contributed by atoms with Gasteiger partial charge in [-0.2, -0.15) is 5.10 Å². The molecule has 0 radical (unpaired) electrons. The van der Waals surface area contributed by atoms with Crippen LogP contribution in [0.3, 0.4) is 0 Å². The summed E-state index contributed by atoms with van der Waals surface area (Å²) >= 11 is 0. The third kappa shape index (κ3) is 4.20. The zero-order chi connectivity index (χ0) is 18.9. The first kappa shape index (κ1) is 18.9. The SMILES string of the molecule is COCCn1ccc(C(=O)N2CC3(C[C@H](COCC4CC4)CCN3C)C2)n1. The number of piperidine rings is 1. The second-order valence-electron chi connectivity index (χ2n) is 8.60. The Kier molecular flexibility index (Phi) is 5.53. The third-order valence-corrected chi connectivity index (χ3v) is 6.40. The molecule has 1 aliphatic carbocycles. The minimum absolute atomic E-state index is 0.0392. The van der Waals surface area contributed by atoms with Crippen LogP contribution in [0.4, 0.5) is 0 Å². The van der Waals surface area contributed by atoms with Crippen LogP contribution in [0.15, 0.2) is 12.3 Å². The Labute approximate surface area is 161 Å². The minimum Gasteiger partial charge on any atom is -0.383 e. The predicted molar refractivity (Wildman–Crippen MR) is 102 cm³/mol. The Morgan fingerprint density at radius 2 is 2.04 bits per heavy atom. The predicted octanol–water partition coefficient (Wildman–Crippen LogP) is 1.49. The summed E-state index contributed by atoms with van der Waals surface area (Å²) in [7, 11) is 3.86. The zero-order valence-corrected chi connectivity index (χ0v) is 16.6. The van der Waals surface area contributed by atoms with Gasteiger partial charge in [0.25, 0.3) is 5.91 Å². The van der Waals surface area contributed by atoms with E-state index in [9.17, 15) is 4.79 Å². The van der Waals surface area contributed by atoms with Gasteiger partial charge in [0, 0.05) is 39.6 Å². The van der Waals surface area contributed by atoms with E-state index in [-0.39, 0.29) is 11.4 Å². The lowest BCUT2D eigenvalue weighted by Gasteiger charge is -2.58. The number of likely N-dealkylation sites (N-methyl/N-ethyl adjacent to an activating group) is 1. The van der Waals surface area contributed by atoms with Crippen LogP contribution < -0.4 is 0 Å². The molecule has 1 aromatic heterocycles. The van der Waals surface area contributed by atoms with Crippen LogP contribution in [0.1, 0.15) is 36.2 Å². The summed E-state index contributed by atoms with van der Waals surface area (Å²) in [4.78, 5) is 17.1. The highest BCUT2D eigenvalue weighted by Crippen LogP contribution is 2.39. The van der Waals surface area contributed by atoms with Crippen molar-refractivity contribution in [2.75, 3.05) is 53.6 Å². The molecule has 7 nitrogen and oxygen atoms in total. The average Bonchev–Trinajstić information content (AvgIpc) is 3.34. The lowest BCUT2D eigenvalue weighted by atomic mass is 9.75. The quantitative estimate of drug-likeness (QED) is 0.688. The molecule has 1 amide bonds. The number of likely N-dealkylation sites (tertiary alicyclic amines) is 2. The summed E-state index contributed by atoms with van der Waals surface area (Å²) in [5, 5.41) is 4.39. The van der Waals surface area contributed by atoms with Gasteiger partial charge in [-0.25, -0.2) is 0 Å². The van der Waals surface area contributed by atoms with E-state index in [4.69, 9.17) is 9.47 Å². The fourth-order valence-electron chi connectivity index (χ4n) is 4.36. The van der Waals surface area contributed by atoms with Gasteiger partial charge >= 0.3 is 0 Å². The Balaban J connectivity index is 1.29. The van der Waals surface area contributed by atoms with E-state index in [1.807, 2.05) is 17.2 Å². The number of aromatic nitrogens is 2. The van der Waals surface area contributed by atoms with E-state index in [0.29, 0.717) is 24.8 Å². The van der Waals surface area contributed by atoms with Gasteiger partial charge in [0.2, 0.25) is 0 Å². The van der Waals surface area contributed by atoms with Crippen LogP contribution in [-0.2, 0) is 16.0 Å². The molecule has 1 aromatic rings. The Hall–Kier alpha value is -1.44. The van der Waals surface area contributed by atoms with Gasteiger partial charge in [-0.15, -0.1) is 0 Å². The van der Waals surface area contributed by atoms with Crippen molar-refractivity contribution in [3.8, 4) is 0 Å². The molecule has 1 saturated carbocycles.